The molecular formula is C13H15Cl2NO5S. The summed E-state index contributed by atoms with van der Waals surface area (Å²) in [6.45, 7) is 2.39. The van der Waals surface area contributed by atoms with Crippen LogP contribution in [0.2, 0.25) is 10.0 Å². The molecule has 9 heteroatoms. The van der Waals surface area contributed by atoms with E-state index >= 15 is 0 Å². The summed E-state index contributed by atoms with van der Waals surface area (Å²) in [6.07, 6.45) is 0.787. The first kappa shape index (κ1) is 18.9. The van der Waals surface area contributed by atoms with E-state index in [4.69, 9.17) is 33.0 Å². The fourth-order valence-corrected chi connectivity index (χ4v) is 2.70. The number of benzene rings is 1. The normalized spacial score (nSPS) is 11.8. The van der Waals surface area contributed by atoms with Gasteiger partial charge < -0.3 is 19.7 Å². The van der Waals surface area contributed by atoms with Gasteiger partial charge in [0.15, 0.2) is 5.75 Å². The monoisotopic (exact) mass is 367 g/mol. The molecule has 2 N–H and O–H groups in total. The largest absolute Gasteiger partial charge is 0.616 e. The maximum absolute atomic E-state index is 11.7. The van der Waals surface area contributed by atoms with Gasteiger partial charge >= 0.3 is 5.97 Å². The van der Waals surface area contributed by atoms with E-state index in [0.29, 0.717) is 17.4 Å². The SMILES string of the molecule is CCCOc1cc(NC(=O)C[S+]([O-])CC(=O)O)c(Cl)cc1Cl. The molecule has 1 rings (SSSR count). The third-order valence-electron chi connectivity index (χ3n) is 2.33. The molecular weight excluding hydrogens is 353 g/mol. The fourth-order valence-electron chi connectivity index (χ4n) is 1.47. The van der Waals surface area contributed by atoms with Gasteiger partial charge in [-0.15, -0.1) is 0 Å². The molecule has 1 atom stereocenters. The average Bonchev–Trinajstić information content (AvgIpc) is 2.39. The fraction of sp³-hybridized carbons (Fsp3) is 0.385. The molecule has 0 saturated heterocycles. The molecule has 122 valence electrons. The Labute approximate surface area is 140 Å². The number of halogens is 2. The average molecular weight is 368 g/mol. The molecule has 0 bridgehead atoms. The van der Waals surface area contributed by atoms with Gasteiger partial charge in [0.1, 0.15) is 5.75 Å². The first-order valence-corrected chi connectivity index (χ1v) is 8.56. The molecule has 0 saturated carbocycles. The van der Waals surface area contributed by atoms with Crippen molar-refractivity contribution in [2.24, 2.45) is 0 Å². The molecule has 0 spiro atoms. The lowest BCUT2D eigenvalue weighted by atomic mass is 10.3. The Kier molecular flexibility index (Phi) is 7.81. The molecule has 6 nitrogen and oxygen atoms in total. The standard InChI is InChI=1S/C13H15Cl2NO5S/c1-2-3-21-11-5-10(8(14)4-9(11)15)16-12(17)6-22(20)7-13(18)19/h4-5H,2-3,6-7H2,1H3,(H,16,17)(H,18,19). The Bertz CT molecular complexity index is 555. The molecule has 0 aliphatic rings. The quantitative estimate of drug-likeness (QED) is 0.687. The zero-order valence-electron chi connectivity index (χ0n) is 11.7. The third-order valence-corrected chi connectivity index (χ3v) is 4.10. The Morgan fingerprint density at radius 1 is 1.32 bits per heavy atom. The van der Waals surface area contributed by atoms with E-state index in [9.17, 15) is 14.1 Å². The van der Waals surface area contributed by atoms with Gasteiger partial charge in [0.2, 0.25) is 5.75 Å². The summed E-state index contributed by atoms with van der Waals surface area (Å²) in [5, 5.41) is 11.5. The second kappa shape index (κ2) is 9.09. The summed E-state index contributed by atoms with van der Waals surface area (Å²) < 4.78 is 16.8. The zero-order valence-corrected chi connectivity index (χ0v) is 14.1. The lowest BCUT2D eigenvalue weighted by Gasteiger charge is -2.13. The summed E-state index contributed by atoms with van der Waals surface area (Å²) >= 11 is 10.2. The molecule has 0 radical (unpaired) electrons. The van der Waals surface area contributed by atoms with Crippen molar-refractivity contribution >= 4 is 51.9 Å². The number of anilines is 1. The molecule has 0 aromatic heterocycles. The number of ether oxygens (including phenoxy) is 1. The summed E-state index contributed by atoms with van der Waals surface area (Å²) in [5.74, 6) is -2.49. The van der Waals surface area contributed by atoms with Gasteiger partial charge in [0.05, 0.1) is 22.3 Å². The predicted molar refractivity (Wildman–Crippen MR) is 86.4 cm³/mol. The number of rotatable bonds is 8. The minimum atomic E-state index is -1.79. The Morgan fingerprint density at radius 2 is 2.00 bits per heavy atom. The van der Waals surface area contributed by atoms with Crippen LogP contribution in [0.1, 0.15) is 13.3 Å². The Hall–Kier alpha value is -1.15. The lowest BCUT2D eigenvalue weighted by molar-refractivity contribution is -0.134. The first-order valence-electron chi connectivity index (χ1n) is 6.32. The molecule has 0 heterocycles. The predicted octanol–water partition coefficient (Wildman–Crippen LogP) is 2.55. The van der Waals surface area contributed by atoms with Crippen molar-refractivity contribution in [3.05, 3.63) is 22.2 Å². The minimum Gasteiger partial charge on any atom is -0.616 e. The van der Waals surface area contributed by atoms with Crippen LogP contribution in [-0.2, 0) is 20.8 Å². The number of carbonyl (C=O) groups excluding carboxylic acids is 1. The van der Waals surface area contributed by atoms with Crippen molar-refractivity contribution in [3.63, 3.8) is 0 Å². The van der Waals surface area contributed by atoms with Crippen molar-refractivity contribution in [3.8, 4) is 5.75 Å². The Morgan fingerprint density at radius 3 is 2.59 bits per heavy atom. The van der Waals surface area contributed by atoms with Crippen LogP contribution in [0.3, 0.4) is 0 Å². The lowest BCUT2D eigenvalue weighted by Crippen LogP contribution is -2.27. The number of hydrogen-bond donors (Lipinski definition) is 2. The molecule has 1 aromatic rings. The van der Waals surface area contributed by atoms with E-state index in [2.05, 4.69) is 5.32 Å². The van der Waals surface area contributed by atoms with Crippen molar-refractivity contribution in [2.75, 3.05) is 23.4 Å². The van der Waals surface area contributed by atoms with Gasteiger partial charge in [-0.25, -0.2) is 4.79 Å². The molecule has 1 aromatic carbocycles. The van der Waals surface area contributed by atoms with Crippen LogP contribution in [0, 0.1) is 0 Å². The maximum atomic E-state index is 11.7. The second-order valence-electron chi connectivity index (χ2n) is 4.28. The van der Waals surface area contributed by atoms with Crippen LogP contribution in [-0.4, -0.2) is 39.6 Å². The van der Waals surface area contributed by atoms with E-state index in [1.165, 1.54) is 12.1 Å². The van der Waals surface area contributed by atoms with Crippen LogP contribution in [0.25, 0.3) is 0 Å². The molecule has 0 aliphatic carbocycles. The van der Waals surface area contributed by atoms with E-state index in [0.717, 1.165) is 6.42 Å². The molecule has 0 fully saturated rings. The van der Waals surface area contributed by atoms with Crippen LogP contribution in [0.4, 0.5) is 5.69 Å². The highest BCUT2D eigenvalue weighted by atomic mass is 35.5. The summed E-state index contributed by atoms with van der Waals surface area (Å²) in [6, 6.07) is 2.90. The van der Waals surface area contributed by atoms with Gasteiger partial charge in [-0.3, -0.25) is 4.79 Å². The van der Waals surface area contributed by atoms with Gasteiger partial charge in [-0.1, -0.05) is 30.1 Å². The number of carbonyl (C=O) groups is 2. The highest BCUT2D eigenvalue weighted by Crippen LogP contribution is 2.34. The topological polar surface area (TPSA) is 98.7 Å². The number of hydrogen-bond acceptors (Lipinski definition) is 4. The zero-order chi connectivity index (χ0) is 16.7. The van der Waals surface area contributed by atoms with Crippen LogP contribution in [0.15, 0.2) is 12.1 Å². The van der Waals surface area contributed by atoms with E-state index < -0.39 is 34.6 Å². The van der Waals surface area contributed by atoms with Crippen molar-refractivity contribution in [2.45, 2.75) is 13.3 Å². The van der Waals surface area contributed by atoms with Gasteiger partial charge in [-0.05, 0) is 23.7 Å². The van der Waals surface area contributed by atoms with Crippen LogP contribution < -0.4 is 10.1 Å². The van der Waals surface area contributed by atoms with E-state index in [1.54, 1.807) is 0 Å². The second-order valence-corrected chi connectivity index (χ2v) is 6.55. The minimum absolute atomic E-state index is 0.200. The van der Waals surface area contributed by atoms with E-state index in [-0.39, 0.29) is 10.7 Å². The first-order chi connectivity index (χ1) is 10.3. The number of aliphatic carboxylic acids is 1. The number of amides is 1. The van der Waals surface area contributed by atoms with Crippen LogP contribution >= 0.6 is 23.2 Å². The van der Waals surface area contributed by atoms with Gasteiger partial charge in [0, 0.05) is 6.07 Å². The van der Waals surface area contributed by atoms with E-state index in [1.807, 2.05) is 6.92 Å². The molecule has 1 amide bonds. The summed E-state index contributed by atoms with van der Waals surface area (Å²) in [5.41, 5.74) is 0.259. The van der Waals surface area contributed by atoms with Gasteiger partial charge in [0.25, 0.3) is 5.91 Å². The smallest absolute Gasteiger partial charge is 0.353 e. The molecule has 22 heavy (non-hydrogen) atoms. The highest BCUT2D eigenvalue weighted by molar-refractivity contribution is 7.92. The van der Waals surface area contributed by atoms with Gasteiger partial charge in [-0.2, -0.15) is 0 Å². The number of carboxylic acids is 1. The van der Waals surface area contributed by atoms with Crippen LogP contribution in [0.5, 0.6) is 5.75 Å². The molecule has 0 aliphatic heterocycles. The third kappa shape index (κ3) is 6.31. The number of nitrogens with one attached hydrogen (secondary N) is 1. The summed E-state index contributed by atoms with van der Waals surface area (Å²) in [4.78, 5) is 22.1. The van der Waals surface area contributed by atoms with Crippen molar-refractivity contribution < 1.29 is 24.0 Å². The highest BCUT2D eigenvalue weighted by Gasteiger charge is 2.18. The summed E-state index contributed by atoms with van der Waals surface area (Å²) in [7, 11) is 0. The van der Waals surface area contributed by atoms with Crippen molar-refractivity contribution in [1.82, 2.24) is 0 Å². The number of carboxylic acid groups (broad SMARTS) is 1. The Balaban J connectivity index is 2.75. The maximum Gasteiger partial charge on any atom is 0.353 e. The van der Waals surface area contributed by atoms with Crippen molar-refractivity contribution in [1.29, 1.82) is 0 Å². The molecule has 1 unspecified atom stereocenters.